The molecule has 1 aliphatic rings. The molecule has 3 rings (SSSR count). The molecule has 104 valence electrons. The molecule has 1 aliphatic heterocycles. The van der Waals surface area contributed by atoms with E-state index in [1.54, 1.807) is 17.0 Å². The van der Waals surface area contributed by atoms with E-state index in [1.165, 1.54) is 12.1 Å². The van der Waals surface area contributed by atoms with Crippen LogP contribution in [0.3, 0.4) is 0 Å². The Labute approximate surface area is 114 Å². The highest BCUT2D eigenvalue weighted by Crippen LogP contribution is 2.34. The summed E-state index contributed by atoms with van der Waals surface area (Å²) in [5.41, 5.74) is 0.871. The minimum absolute atomic E-state index is 0.143. The Morgan fingerprint density at radius 3 is 2.35 bits per heavy atom. The maximum atomic E-state index is 13.0. The summed E-state index contributed by atoms with van der Waals surface area (Å²) < 4.78 is 25.9. The van der Waals surface area contributed by atoms with Gasteiger partial charge in [-0.25, -0.2) is 18.7 Å². The first-order valence-corrected chi connectivity index (χ1v) is 6.31. The molecule has 1 fully saturated rings. The summed E-state index contributed by atoms with van der Waals surface area (Å²) in [5.74, 6) is -0.457. The van der Waals surface area contributed by atoms with E-state index >= 15 is 0 Å². The summed E-state index contributed by atoms with van der Waals surface area (Å²) in [5, 5.41) is 9.86. The molecule has 0 aliphatic carbocycles. The van der Waals surface area contributed by atoms with Gasteiger partial charge in [-0.2, -0.15) is 0 Å². The van der Waals surface area contributed by atoms with Crippen molar-refractivity contribution in [3.05, 3.63) is 53.9 Å². The molecule has 0 bridgehead atoms. The number of aromatic nitrogens is 2. The third kappa shape index (κ3) is 2.46. The van der Waals surface area contributed by atoms with Crippen LogP contribution in [0.2, 0.25) is 0 Å². The molecule has 2 atom stereocenters. The molecule has 2 aromatic rings. The minimum Gasteiger partial charge on any atom is -0.391 e. The standard InChI is InChI=1S/C14H13F2N3O/c15-10-3-1-9(2-4-10)13-5-12(20)8-19(13)14-17-6-11(16)7-18-14/h1-4,6-7,12-13,20H,5,8H2/t12-,13+/m1/s1. The molecular formula is C14H13F2N3O. The number of anilines is 1. The molecule has 4 nitrogen and oxygen atoms in total. The summed E-state index contributed by atoms with van der Waals surface area (Å²) in [6, 6.07) is 5.97. The van der Waals surface area contributed by atoms with E-state index < -0.39 is 11.9 Å². The second kappa shape index (κ2) is 5.13. The van der Waals surface area contributed by atoms with Gasteiger partial charge in [0, 0.05) is 6.54 Å². The zero-order valence-corrected chi connectivity index (χ0v) is 10.6. The van der Waals surface area contributed by atoms with Crippen molar-refractivity contribution < 1.29 is 13.9 Å². The highest BCUT2D eigenvalue weighted by molar-refractivity contribution is 5.39. The van der Waals surface area contributed by atoms with Crippen molar-refractivity contribution in [1.29, 1.82) is 0 Å². The second-order valence-corrected chi connectivity index (χ2v) is 4.81. The Morgan fingerprint density at radius 1 is 1.05 bits per heavy atom. The smallest absolute Gasteiger partial charge is 0.226 e. The number of hydrogen-bond donors (Lipinski definition) is 1. The Kier molecular flexibility index (Phi) is 3.31. The minimum atomic E-state index is -0.515. The molecular weight excluding hydrogens is 264 g/mol. The third-order valence-corrected chi connectivity index (χ3v) is 3.40. The maximum Gasteiger partial charge on any atom is 0.226 e. The molecule has 1 aromatic heterocycles. The Morgan fingerprint density at radius 2 is 1.70 bits per heavy atom. The maximum absolute atomic E-state index is 13.0. The van der Waals surface area contributed by atoms with Gasteiger partial charge in [0.15, 0.2) is 5.82 Å². The fraction of sp³-hybridized carbons (Fsp3) is 0.286. The van der Waals surface area contributed by atoms with Gasteiger partial charge in [-0.05, 0) is 24.1 Å². The van der Waals surface area contributed by atoms with Gasteiger partial charge < -0.3 is 10.0 Å². The van der Waals surface area contributed by atoms with Crippen molar-refractivity contribution in [2.24, 2.45) is 0 Å². The summed E-state index contributed by atoms with van der Waals surface area (Å²) in [4.78, 5) is 9.69. The van der Waals surface area contributed by atoms with Crippen molar-refractivity contribution in [3.63, 3.8) is 0 Å². The summed E-state index contributed by atoms with van der Waals surface area (Å²) in [6.07, 6.45) is 2.18. The van der Waals surface area contributed by atoms with Crippen LogP contribution in [0, 0.1) is 11.6 Å². The predicted octanol–water partition coefficient (Wildman–Crippen LogP) is 2.07. The van der Waals surface area contributed by atoms with Gasteiger partial charge in [0.05, 0.1) is 24.5 Å². The van der Waals surface area contributed by atoms with Crippen LogP contribution in [-0.4, -0.2) is 27.7 Å². The van der Waals surface area contributed by atoms with E-state index in [-0.39, 0.29) is 11.9 Å². The van der Waals surface area contributed by atoms with E-state index in [0.29, 0.717) is 18.9 Å². The lowest BCUT2D eigenvalue weighted by Gasteiger charge is -2.24. The molecule has 1 aromatic carbocycles. The first-order valence-electron chi connectivity index (χ1n) is 6.31. The quantitative estimate of drug-likeness (QED) is 0.913. The predicted molar refractivity (Wildman–Crippen MR) is 69.1 cm³/mol. The van der Waals surface area contributed by atoms with Crippen LogP contribution >= 0.6 is 0 Å². The molecule has 6 heteroatoms. The Balaban J connectivity index is 1.92. The van der Waals surface area contributed by atoms with Crippen LogP contribution in [0.15, 0.2) is 36.7 Å². The fourth-order valence-corrected chi connectivity index (χ4v) is 2.49. The van der Waals surface area contributed by atoms with Gasteiger partial charge in [-0.15, -0.1) is 0 Å². The lowest BCUT2D eigenvalue weighted by molar-refractivity contribution is 0.194. The lowest BCUT2D eigenvalue weighted by atomic mass is 10.0. The van der Waals surface area contributed by atoms with E-state index in [4.69, 9.17) is 0 Å². The number of aliphatic hydroxyl groups excluding tert-OH is 1. The number of hydrogen-bond acceptors (Lipinski definition) is 4. The summed E-state index contributed by atoms with van der Waals surface area (Å²) >= 11 is 0. The van der Waals surface area contributed by atoms with Crippen LogP contribution in [-0.2, 0) is 0 Å². The van der Waals surface area contributed by atoms with Crippen molar-refractivity contribution in [1.82, 2.24) is 9.97 Å². The summed E-state index contributed by atoms with van der Waals surface area (Å²) in [7, 11) is 0. The number of aliphatic hydroxyl groups is 1. The van der Waals surface area contributed by atoms with Crippen molar-refractivity contribution >= 4 is 5.95 Å². The van der Waals surface area contributed by atoms with E-state index in [2.05, 4.69) is 9.97 Å². The van der Waals surface area contributed by atoms with Crippen LogP contribution < -0.4 is 4.90 Å². The summed E-state index contributed by atoms with van der Waals surface area (Å²) in [6.45, 7) is 0.369. The lowest BCUT2D eigenvalue weighted by Crippen LogP contribution is -2.26. The number of benzene rings is 1. The van der Waals surface area contributed by atoms with Crippen LogP contribution in [0.25, 0.3) is 0 Å². The zero-order valence-electron chi connectivity index (χ0n) is 10.6. The number of rotatable bonds is 2. The van der Waals surface area contributed by atoms with Gasteiger partial charge >= 0.3 is 0 Å². The largest absolute Gasteiger partial charge is 0.391 e. The molecule has 1 N–H and O–H groups in total. The second-order valence-electron chi connectivity index (χ2n) is 4.81. The molecule has 0 radical (unpaired) electrons. The van der Waals surface area contributed by atoms with E-state index in [9.17, 15) is 13.9 Å². The average Bonchev–Trinajstić information content (AvgIpc) is 2.82. The molecule has 1 saturated heterocycles. The van der Waals surface area contributed by atoms with Crippen molar-refractivity contribution in [2.75, 3.05) is 11.4 Å². The highest BCUT2D eigenvalue weighted by Gasteiger charge is 2.33. The highest BCUT2D eigenvalue weighted by atomic mass is 19.1. The molecule has 0 unspecified atom stereocenters. The van der Waals surface area contributed by atoms with Gasteiger partial charge in [0.1, 0.15) is 5.82 Å². The molecule has 0 spiro atoms. The van der Waals surface area contributed by atoms with Gasteiger partial charge in [0.2, 0.25) is 5.95 Å². The average molecular weight is 277 g/mol. The van der Waals surface area contributed by atoms with Crippen LogP contribution in [0.5, 0.6) is 0 Å². The topological polar surface area (TPSA) is 49.2 Å². The SMILES string of the molecule is O[C@@H]1C[C@@H](c2ccc(F)cc2)N(c2ncc(F)cn2)C1. The molecule has 0 saturated carbocycles. The fourth-order valence-electron chi connectivity index (χ4n) is 2.49. The molecule has 0 amide bonds. The van der Waals surface area contributed by atoms with Gasteiger partial charge in [-0.1, -0.05) is 12.1 Å². The zero-order chi connectivity index (χ0) is 14.1. The first kappa shape index (κ1) is 12.9. The normalized spacial score (nSPS) is 22.2. The first-order chi connectivity index (χ1) is 9.63. The van der Waals surface area contributed by atoms with E-state index in [0.717, 1.165) is 18.0 Å². The number of halogens is 2. The van der Waals surface area contributed by atoms with Crippen LogP contribution in [0.1, 0.15) is 18.0 Å². The van der Waals surface area contributed by atoms with E-state index in [1.807, 2.05) is 0 Å². The Hall–Kier alpha value is -2.08. The van der Waals surface area contributed by atoms with Crippen LogP contribution in [0.4, 0.5) is 14.7 Å². The van der Waals surface area contributed by atoms with Gasteiger partial charge in [-0.3, -0.25) is 0 Å². The molecule has 20 heavy (non-hydrogen) atoms. The monoisotopic (exact) mass is 277 g/mol. The number of β-amino-alcohol motifs (C(OH)–C–C–N with tert-alkyl or cyclic N) is 1. The van der Waals surface area contributed by atoms with Crippen molar-refractivity contribution in [2.45, 2.75) is 18.6 Å². The Bertz CT molecular complexity index is 535. The number of nitrogens with zero attached hydrogens (tertiary/aromatic N) is 3. The van der Waals surface area contributed by atoms with Crippen molar-refractivity contribution in [3.8, 4) is 0 Å². The molecule has 2 heterocycles. The third-order valence-electron chi connectivity index (χ3n) is 3.40. The van der Waals surface area contributed by atoms with Gasteiger partial charge in [0.25, 0.3) is 0 Å².